The molecular weight excluding hydrogens is 387 g/mol. The number of benzene rings is 2. The Morgan fingerprint density at radius 2 is 2.10 bits per heavy atom. The van der Waals surface area contributed by atoms with E-state index in [-0.39, 0.29) is 11.7 Å². The van der Waals surface area contributed by atoms with Gasteiger partial charge in [0.25, 0.3) is 0 Å². The standard InChI is InChI=1S/C22H25FN4O3/c23-16-3-1-4-18(13-16)30-10-2-5-22(28)24-17-6-7-19-20(14-17)26-21(25-19)15-27-8-11-29-12-9-27/h1,3-4,6-7,13-14H,2,5,8-12,15H2,(H,24,28)(H,25,26). The van der Waals surface area contributed by atoms with Gasteiger partial charge in [0.05, 0.1) is 37.4 Å². The molecule has 2 aromatic carbocycles. The van der Waals surface area contributed by atoms with Crippen LogP contribution in [-0.4, -0.2) is 53.7 Å². The molecule has 8 heteroatoms. The smallest absolute Gasteiger partial charge is 0.224 e. The lowest BCUT2D eigenvalue weighted by molar-refractivity contribution is -0.116. The van der Waals surface area contributed by atoms with Crippen LogP contribution in [-0.2, 0) is 16.1 Å². The third-order valence-corrected chi connectivity index (χ3v) is 4.90. The van der Waals surface area contributed by atoms with Gasteiger partial charge in [-0.05, 0) is 36.8 Å². The minimum atomic E-state index is -0.340. The number of hydrogen-bond donors (Lipinski definition) is 2. The van der Waals surface area contributed by atoms with Gasteiger partial charge in [-0.2, -0.15) is 0 Å². The number of nitrogens with zero attached hydrogens (tertiary/aromatic N) is 2. The lowest BCUT2D eigenvalue weighted by Crippen LogP contribution is -2.35. The fourth-order valence-electron chi connectivity index (χ4n) is 3.39. The molecule has 0 bridgehead atoms. The minimum absolute atomic E-state index is 0.0924. The number of aromatic nitrogens is 2. The number of amides is 1. The van der Waals surface area contributed by atoms with Crippen LogP contribution >= 0.6 is 0 Å². The van der Waals surface area contributed by atoms with Crippen LogP contribution in [0.2, 0.25) is 0 Å². The molecule has 1 aliphatic heterocycles. The zero-order chi connectivity index (χ0) is 20.8. The third kappa shape index (κ3) is 5.55. The van der Waals surface area contributed by atoms with Gasteiger partial charge in [0.1, 0.15) is 17.4 Å². The predicted molar refractivity (Wildman–Crippen MR) is 112 cm³/mol. The molecular formula is C22H25FN4O3. The van der Waals surface area contributed by atoms with Gasteiger partial charge in [0.2, 0.25) is 5.91 Å². The summed E-state index contributed by atoms with van der Waals surface area (Å²) in [5.74, 6) is 0.940. The van der Waals surface area contributed by atoms with Crippen LogP contribution in [0, 0.1) is 5.82 Å². The maximum absolute atomic E-state index is 13.1. The summed E-state index contributed by atoms with van der Waals surface area (Å²) in [6, 6.07) is 11.6. The number of carbonyl (C=O) groups is 1. The van der Waals surface area contributed by atoms with E-state index in [0.29, 0.717) is 25.2 Å². The highest BCUT2D eigenvalue weighted by molar-refractivity contribution is 5.93. The van der Waals surface area contributed by atoms with Gasteiger partial charge in [-0.3, -0.25) is 9.69 Å². The number of hydrogen-bond acceptors (Lipinski definition) is 5. The Hall–Kier alpha value is -2.97. The van der Waals surface area contributed by atoms with Crippen molar-refractivity contribution in [3.8, 4) is 5.75 Å². The molecule has 0 atom stereocenters. The zero-order valence-electron chi connectivity index (χ0n) is 16.7. The molecule has 0 radical (unpaired) electrons. The van der Waals surface area contributed by atoms with Gasteiger partial charge >= 0.3 is 0 Å². The first-order valence-electron chi connectivity index (χ1n) is 10.1. The summed E-state index contributed by atoms with van der Waals surface area (Å²) < 4.78 is 24.0. The van der Waals surface area contributed by atoms with Crippen LogP contribution in [0.4, 0.5) is 10.1 Å². The highest BCUT2D eigenvalue weighted by Crippen LogP contribution is 2.19. The summed E-state index contributed by atoms with van der Waals surface area (Å²) >= 11 is 0. The SMILES string of the molecule is O=C(CCCOc1cccc(F)c1)Nc1ccc2nc(CN3CCOCC3)[nH]c2c1. The zero-order valence-corrected chi connectivity index (χ0v) is 16.7. The molecule has 30 heavy (non-hydrogen) atoms. The van der Waals surface area contributed by atoms with E-state index < -0.39 is 0 Å². The molecule has 0 aliphatic carbocycles. The molecule has 1 fully saturated rings. The van der Waals surface area contributed by atoms with E-state index in [0.717, 1.165) is 55.4 Å². The molecule has 3 aromatic rings. The van der Waals surface area contributed by atoms with E-state index in [9.17, 15) is 9.18 Å². The predicted octanol–water partition coefficient (Wildman–Crippen LogP) is 3.33. The first kappa shape index (κ1) is 20.3. The highest BCUT2D eigenvalue weighted by Gasteiger charge is 2.13. The summed E-state index contributed by atoms with van der Waals surface area (Å²) in [4.78, 5) is 22.5. The summed E-state index contributed by atoms with van der Waals surface area (Å²) in [6.45, 7) is 4.42. The van der Waals surface area contributed by atoms with Gasteiger partial charge < -0.3 is 19.8 Å². The highest BCUT2D eigenvalue weighted by atomic mass is 19.1. The molecule has 7 nitrogen and oxygen atoms in total. The number of imidazole rings is 1. The lowest BCUT2D eigenvalue weighted by atomic mass is 10.2. The second kappa shape index (κ2) is 9.69. The lowest BCUT2D eigenvalue weighted by Gasteiger charge is -2.25. The number of ether oxygens (including phenoxy) is 2. The van der Waals surface area contributed by atoms with E-state index in [2.05, 4.69) is 20.2 Å². The number of anilines is 1. The molecule has 2 heterocycles. The number of H-pyrrole nitrogens is 1. The molecule has 0 saturated carbocycles. The minimum Gasteiger partial charge on any atom is -0.493 e. The summed E-state index contributed by atoms with van der Waals surface area (Å²) in [7, 11) is 0. The van der Waals surface area contributed by atoms with Crippen LogP contribution in [0.5, 0.6) is 5.75 Å². The number of carbonyl (C=O) groups excluding carboxylic acids is 1. The quantitative estimate of drug-likeness (QED) is 0.555. The molecule has 1 aliphatic rings. The summed E-state index contributed by atoms with van der Waals surface area (Å²) in [5.41, 5.74) is 2.49. The van der Waals surface area contributed by atoms with E-state index >= 15 is 0 Å². The Balaban J connectivity index is 1.26. The number of aromatic amines is 1. The Morgan fingerprint density at radius 3 is 2.93 bits per heavy atom. The molecule has 1 aromatic heterocycles. The Bertz CT molecular complexity index is 1000. The first-order valence-corrected chi connectivity index (χ1v) is 10.1. The summed E-state index contributed by atoms with van der Waals surface area (Å²) in [6.07, 6.45) is 0.858. The molecule has 0 spiro atoms. The maximum atomic E-state index is 13.1. The first-order chi connectivity index (χ1) is 14.7. The van der Waals surface area contributed by atoms with Crippen molar-refractivity contribution < 1.29 is 18.7 Å². The number of morpholine rings is 1. The van der Waals surface area contributed by atoms with Gasteiger partial charge in [-0.15, -0.1) is 0 Å². The summed E-state index contributed by atoms with van der Waals surface area (Å²) in [5, 5.41) is 2.90. The van der Waals surface area contributed by atoms with Crippen molar-refractivity contribution in [2.75, 3.05) is 38.2 Å². The van der Waals surface area contributed by atoms with E-state index in [4.69, 9.17) is 9.47 Å². The van der Waals surface area contributed by atoms with Crippen LogP contribution in [0.1, 0.15) is 18.7 Å². The molecule has 4 rings (SSSR count). The van der Waals surface area contributed by atoms with Crippen molar-refractivity contribution in [1.29, 1.82) is 0 Å². The second-order valence-corrected chi connectivity index (χ2v) is 7.26. The van der Waals surface area contributed by atoms with Crippen molar-refractivity contribution in [3.63, 3.8) is 0 Å². The van der Waals surface area contributed by atoms with Gasteiger partial charge in [0, 0.05) is 31.3 Å². The maximum Gasteiger partial charge on any atom is 0.224 e. The van der Waals surface area contributed by atoms with E-state index in [1.54, 1.807) is 12.1 Å². The normalized spacial score (nSPS) is 14.7. The number of halogens is 1. The van der Waals surface area contributed by atoms with Gasteiger partial charge in [0.15, 0.2) is 0 Å². The van der Waals surface area contributed by atoms with Crippen molar-refractivity contribution in [3.05, 3.63) is 54.1 Å². The number of rotatable bonds is 8. The molecule has 158 valence electrons. The number of nitrogens with one attached hydrogen (secondary N) is 2. The fourth-order valence-corrected chi connectivity index (χ4v) is 3.39. The van der Waals surface area contributed by atoms with E-state index in [1.165, 1.54) is 12.1 Å². The second-order valence-electron chi connectivity index (χ2n) is 7.26. The van der Waals surface area contributed by atoms with Crippen molar-refractivity contribution in [2.24, 2.45) is 0 Å². The van der Waals surface area contributed by atoms with Crippen molar-refractivity contribution in [1.82, 2.24) is 14.9 Å². The Kier molecular flexibility index (Phi) is 6.56. The third-order valence-electron chi connectivity index (χ3n) is 4.90. The van der Waals surface area contributed by atoms with Crippen molar-refractivity contribution >= 4 is 22.6 Å². The monoisotopic (exact) mass is 412 g/mol. The topological polar surface area (TPSA) is 79.5 Å². The Labute approximate surface area is 174 Å². The molecule has 2 N–H and O–H groups in total. The molecule has 0 unspecified atom stereocenters. The van der Waals surface area contributed by atoms with Gasteiger partial charge in [-0.25, -0.2) is 9.37 Å². The fraction of sp³-hybridized carbons (Fsp3) is 0.364. The van der Waals surface area contributed by atoms with Crippen LogP contribution in [0.25, 0.3) is 11.0 Å². The van der Waals surface area contributed by atoms with Crippen LogP contribution in [0.3, 0.4) is 0 Å². The Morgan fingerprint density at radius 1 is 1.23 bits per heavy atom. The van der Waals surface area contributed by atoms with Crippen LogP contribution < -0.4 is 10.1 Å². The van der Waals surface area contributed by atoms with E-state index in [1.807, 2.05) is 18.2 Å². The molecule has 1 amide bonds. The average molecular weight is 412 g/mol. The van der Waals surface area contributed by atoms with Gasteiger partial charge in [-0.1, -0.05) is 6.07 Å². The van der Waals surface area contributed by atoms with Crippen molar-refractivity contribution in [2.45, 2.75) is 19.4 Å². The average Bonchev–Trinajstić information content (AvgIpc) is 3.13. The van der Waals surface area contributed by atoms with Crippen LogP contribution in [0.15, 0.2) is 42.5 Å². The largest absolute Gasteiger partial charge is 0.493 e. The number of fused-ring (bicyclic) bond motifs is 1. The molecule has 1 saturated heterocycles.